The fourth-order valence-electron chi connectivity index (χ4n) is 3.14. The Morgan fingerprint density at radius 1 is 1.00 bits per heavy atom. The highest BCUT2D eigenvalue weighted by molar-refractivity contribution is 7.92. The Morgan fingerprint density at radius 3 is 2.28 bits per heavy atom. The van der Waals surface area contributed by atoms with E-state index in [0.29, 0.717) is 30.9 Å². The number of methoxy groups -OCH3 is 1. The number of carbonyl (C=O) groups is 1. The summed E-state index contributed by atoms with van der Waals surface area (Å²) in [4.78, 5) is 19.3. The van der Waals surface area contributed by atoms with Crippen LogP contribution < -0.4 is 4.31 Å². The fourth-order valence-corrected chi connectivity index (χ4v) is 4.34. The lowest BCUT2D eigenvalue weighted by atomic mass is 10.1. The van der Waals surface area contributed by atoms with Crippen molar-refractivity contribution in [1.29, 1.82) is 0 Å². The van der Waals surface area contributed by atoms with Gasteiger partial charge in [0.05, 0.1) is 29.4 Å². The van der Waals surface area contributed by atoms with E-state index < -0.39 is 10.0 Å². The van der Waals surface area contributed by atoms with Gasteiger partial charge in [-0.05, 0) is 55.5 Å². The molecule has 0 N–H and O–H groups in total. The van der Waals surface area contributed by atoms with Crippen molar-refractivity contribution < 1.29 is 17.9 Å². The summed E-state index contributed by atoms with van der Waals surface area (Å²) in [5.41, 5.74) is 2.69. The number of aryl methyl sites for hydroxylation is 1. The van der Waals surface area contributed by atoms with Gasteiger partial charge in [0.15, 0.2) is 0 Å². The van der Waals surface area contributed by atoms with Gasteiger partial charge >= 0.3 is 0 Å². The minimum atomic E-state index is -3.70. The third-order valence-corrected chi connectivity index (χ3v) is 6.89. The van der Waals surface area contributed by atoms with Crippen molar-refractivity contribution in [2.75, 3.05) is 31.6 Å². The zero-order valence-electron chi connectivity index (χ0n) is 18.4. The zero-order valence-corrected chi connectivity index (χ0v) is 19.2. The van der Waals surface area contributed by atoms with Gasteiger partial charge < -0.3 is 9.64 Å². The van der Waals surface area contributed by atoms with Crippen molar-refractivity contribution in [3.8, 4) is 0 Å². The topological polar surface area (TPSA) is 79.8 Å². The summed E-state index contributed by atoms with van der Waals surface area (Å²) in [7, 11) is -0.614. The van der Waals surface area contributed by atoms with Crippen molar-refractivity contribution in [2.24, 2.45) is 0 Å². The summed E-state index contributed by atoms with van der Waals surface area (Å²) < 4.78 is 32.2. The molecule has 0 aliphatic rings. The molecule has 8 heteroatoms. The number of amides is 1. The van der Waals surface area contributed by atoms with E-state index in [1.165, 1.54) is 11.4 Å². The first-order chi connectivity index (χ1) is 15.3. The van der Waals surface area contributed by atoms with Crippen LogP contribution in [0.3, 0.4) is 0 Å². The molecule has 3 aromatic rings. The van der Waals surface area contributed by atoms with Crippen LogP contribution in [0, 0.1) is 6.92 Å². The van der Waals surface area contributed by atoms with Crippen molar-refractivity contribution in [3.05, 3.63) is 89.7 Å². The minimum absolute atomic E-state index is 0.178. The second-order valence-electron chi connectivity index (χ2n) is 7.37. The Hall–Kier alpha value is -3.23. The van der Waals surface area contributed by atoms with E-state index in [-0.39, 0.29) is 10.8 Å². The number of ether oxygens (including phenoxy) is 1. The SMILES string of the molecule is COCCN(Cc1ccccn1)C(=O)c1ccc(N(C)S(=O)(=O)c2ccc(C)cc2)cc1. The van der Waals surface area contributed by atoms with Crippen molar-refractivity contribution in [1.82, 2.24) is 9.88 Å². The molecule has 0 unspecified atom stereocenters. The van der Waals surface area contributed by atoms with Crippen LogP contribution in [0.2, 0.25) is 0 Å². The molecule has 168 valence electrons. The van der Waals surface area contributed by atoms with E-state index in [0.717, 1.165) is 11.3 Å². The van der Waals surface area contributed by atoms with Gasteiger partial charge in [0.2, 0.25) is 0 Å². The highest BCUT2D eigenvalue weighted by Crippen LogP contribution is 2.23. The number of sulfonamides is 1. The Labute approximate surface area is 189 Å². The Kier molecular flexibility index (Phi) is 7.61. The summed E-state index contributed by atoms with van der Waals surface area (Å²) in [5, 5.41) is 0. The number of anilines is 1. The van der Waals surface area contributed by atoms with Crippen LogP contribution in [-0.4, -0.2) is 51.5 Å². The van der Waals surface area contributed by atoms with Gasteiger partial charge in [0.25, 0.3) is 15.9 Å². The first-order valence-corrected chi connectivity index (χ1v) is 11.6. The third kappa shape index (κ3) is 5.52. The van der Waals surface area contributed by atoms with Gasteiger partial charge in [-0.2, -0.15) is 0 Å². The number of nitrogens with zero attached hydrogens (tertiary/aromatic N) is 3. The zero-order chi connectivity index (χ0) is 23.1. The molecule has 1 aromatic heterocycles. The number of benzene rings is 2. The number of aromatic nitrogens is 1. The monoisotopic (exact) mass is 453 g/mol. The molecule has 0 aliphatic heterocycles. The molecule has 1 heterocycles. The summed E-state index contributed by atoms with van der Waals surface area (Å²) in [5.74, 6) is -0.178. The average Bonchev–Trinajstić information content (AvgIpc) is 2.82. The van der Waals surface area contributed by atoms with Gasteiger partial charge in [0.1, 0.15) is 0 Å². The highest BCUT2D eigenvalue weighted by Gasteiger charge is 2.22. The molecule has 7 nitrogen and oxygen atoms in total. The smallest absolute Gasteiger partial charge is 0.264 e. The second kappa shape index (κ2) is 10.4. The lowest BCUT2D eigenvalue weighted by Crippen LogP contribution is -2.33. The number of rotatable bonds is 9. The van der Waals surface area contributed by atoms with Crippen molar-refractivity contribution >= 4 is 21.6 Å². The molecule has 1 amide bonds. The van der Waals surface area contributed by atoms with Crippen molar-refractivity contribution in [3.63, 3.8) is 0 Å². The van der Waals surface area contributed by atoms with Crippen molar-refractivity contribution in [2.45, 2.75) is 18.4 Å². The summed E-state index contributed by atoms with van der Waals surface area (Å²) >= 11 is 0. The van der Waals surface area contributed by atoms with Crippen LogP contribution in [0.5, 0.6) is 0 Å². The maximum atomic E-state index is 13.1. The molecule has 0 saturated carbocycles. The van der Waals surface area contributed by atoms with Gasteiger partial charge in [-0.25, -0.2) is 8.42 Å². The lowest BCUT2D eigenvalue weighted by molar-refractivity contribution is 0.0678. The third-order valence-electron chi connectivity index (χ3n) is 5.09. The molecule has 3 rings (SSSR count). The number of hydrogen-bond donors (Lipinski definition) is 0. The van der Waals surface area contributed by atoms with Gasteiger partial charge in [-0.3, -0.25) is 14.1 Å². The van der Waals surface area contributed by atoms with Crippen LogP contribution in [0.25, 0.3) is 0 Å². The quantitative estimate of drug-likeness (QED) is 0.495. The molecular formula is C24H27N3O4S. The molecular weight excluding hydrogens is 426 g/mol. The first-order valence-electron chi connectivity index (χ1n) is 10.2. The largest absolute Gasteiger partial charge is 0.383 e. The Bertz CT molecular complexity index is 1130. The molecule has 0 fully saturated rings. The summed E-state index contributed by atoms with van der Waals surface area (Å²) in [6, 6.07) is 18.8. The minimum Gasteiger partial charge on any atom is -0.383 e. The van der Waals surface area contributed by atoms with E-state index in [1.54, 1.807) is 66.7 Å². The Morgan fingerprint density at radius 2 is 1.69 bits per heavy atom. The molecule has 0 bridgehead atoms. The summed E-state index contributed by atoms with van der Waals surface area (Å²) in [6.07, 6.45) is 1.69. The second-order valence-corrected chi connectivity index (χ2v) is 9.34. The number of pyridine rings is 1. The molecule has 0 spiro atoms. The van der Waals surface area contributed by atoms with Gasteiger partial charge in [-0.1, -0.05) is 23.8 Å². The van der Waals surface area contributed by atoms with Crippen LogP contribution in [0.4, 0.5) is 5.69 Å². The van der Waals surface area contributed by atoms with Crippen LogP contribution >= 0.6 is 0 Å². The number of carbonyl (C=O) groups excluding carboxylic acids is 1. The molecule has 32 heavy (non-hydrogen) atoms. The normalized spacial score (nSPS) is 11.2. The van der Waals surface area contributed by atoms with Crippen LogP contribution in [0.15, 0.2) is 77.8 Å². The highest BCUT2D eigenvalue weighted by atomic mass is 32.2. The summed E-state index contributed by atoms with van der Waals surface area (Å²) in [6.45, 7) is 3.07. The average molecular weight is 454 g/mol. The molecule has 2 aromatic carbocycles. The molecule has 0 radical (unpaired) electrons. The van der Waals surface area contributed by atoms with E-state index in [9.17, 15) is 13.2 Å². The standard InChI is InChI=1S/C24H27N3O4S/c1-19-7-13-23(14-8-19)32(29,30)26(2)22-11-9-20(10-12-22)24(28)27(16-17-31-3)18-21-6-4-5-15-25-21/h4-15H,16-18H2,1-3H3. The first kappa shape index (κ1) is 23.4. The van der Waals surface area contributed by atoms with E-state index in [1.807, 2.05) is 25.1 Å². The molecule has 0 atom stereocenters. The van der Waals surface area contributed by atoms with Crippen LogP contribution in [0.1, 0.15) is 21.6 Å². The van der Waals surface area contributed by atoms with Crippen LogP contribution in [-0.2, 0) is 21.3 Å². The van der Waals surface area contributed by atoms with E-state index in [4.69, 9.17) is 4.74 Å². The predicted molar refractivity (Wildman–Crippen MR) is 124 cm³/mol. The van der Waals surface area contributed by atoms with E-state index in [2.05, 4.69) is 4.98 Å². The molecule has 0 aliphatic carbocycles. The molecule has 0 saturated heterocycles. The lowest BCUT2D eigenvalue weighted by Gasteiger charge is -2.23. The number of hydrogen-bond acceptors (Lipinski definition) is 5. The van der Waals surface area contributed by atoms with Gasteiger partial charge in [-0.15, -0.1) is 0 Å². The predicted octanol–water partition coefficient (Wildman–Crippen LogP) is 3.50. The fraction of sp³-hybridized carbons (Fsp3) is 0.250. The maximum absolute atomic E-state index is 13.1. The van der Waals surface area contributed by atoms with Gasteiger partial charge in [0, 0.05) is 32.5 Å². The van der Waals surface area contributed by atoms with E-state index >= 15 is 0 Å². The maximum Gasteiger partial charge on any atom is 0.264 e. The Balaban J connectivity index is 1.79.